The molecule has 1 amide bonds. The van der Waals surface area contributed by atoms with Gasteiger partial charge in [0.15, 0.2) is 0 Å². The fourth-order valence-corrected chi connectivity index (χ4v) is 2.63. The summed E-state index contributed by atoms with van der Waals surface area (Å²) in [6, 6.07) is 5.73. The number of nitrogens with zero attached hydrogens (tertiary/aromatic N) is 1. The molecular weight excluding hydrogens is 260 g/mol. The van der Waals surface area contributed by atoms with E-state index in [9.17, 15) is 9.90 Å². The molecule has 0 aliphatic carbocycles. The Morgan fingerprint density at radius 2 is 2.37 bits per heavy atom. The first-order valence-corrected chi connectivity index (χ1v) is 7.18. The zero-order valence-electron chi connectivity index (χ0n) is 10.9. The summed E-state index contributed by atoms with van der Waals surface area (Å²) >= 11 is 1.59. The molecule has 2 N–H and O–H groups in total. The lowest BCUT2D eigenvalue weighted by molar-refractivity contribution is -0.120. The highest BCUT2D eigenvalue weighted by Gasteiger charge is 2.11. The Morgan fingerprint density at radius 1 is 1.53 bits per heavy atom. The Labute approximate surface area is 116 Å². The van der Waals surface area contributed by atoms with E-state index < -0.39 is 6.10 Å². The monoisotopic (exact) mass is 278 g/mol. The molecule has 2 aromatic heterocycles. The summed E-state index contributed by atoms with van der Waals surface area (Å²) in [5, 5.41) is 16.7. The molecule has 1 unspecified atom stereocenters. The Balaban J connectivity index is 1.72. The van der Waals surface area contributed by atoms with Gasteiger partial charge in [-0.3, -0.25) is 4.79 Å². The van der Waals surface area contributed by atoms with Crippen molar-refractivity contribution in [1.82, 2.24) is 9.88 Å². The van der Waals surface area contributed by atoms with Crippen LogP contribution in [0.3, 0.4) is 0 Å². The largest absolute Gasteiger partial charge is 0.387 e. The molecular formula is C14H18N2O2S. The summed E-state index contributed by atoms with van der Waals surface area (Å²) in [6.45, 7) is 0.481. The number of aromatic nitrogens is 1. The fourth-order valence-electron chi connectivity index (χ4n) is 1.96. The van der Waals surface area contributed by atoms with E-state index in [1.807, 2.05) is 46.8 Å². The molecule has 4 nitrogen and oxygen atoms in total. The number of aliphatic hydroxyl groups is 1. The standard InChI is InChI=1S/C14H18N2O2S/c1-16-7-2-3-12(16)13(17)4-6-15-14(18)9-11-5-8-19-10-11/h2-3,5,7-8,10,13,17H,4,6,9H2,1H3,(H,15,18). The third-order valence-corrected chi connectivity index (χ3v) is 3.74. The number of carbonyl (C=O) groups excluding carboxylic acids is 1. The van der Waals surface area contributed by atoms with Crippen LogP contribution in [0.4, 0.5) is 0 Å². The van der Waals surface area contributed by atoms with Crippen LogP contribution in [0.25, 0.3) is 0 Å². The Bertz CT molecular complexity index is 519. The summed E-state index contributed by atoms with van der Waals surface area (Å²) in [5.41, 5.74) is 1.90. The van der Waals surface area contributed by atoms with Crippen LogP contribution in [0.1, 0.15) is 23.8 Å². The van der Waals surface area contributed by atoms with E-state index in [-0.39, 0.29) is 5.91 Å². The van der Waals surface area contributed by atoms with Gasteiger partial charge in [-0.15, -0.1) is 0 Å². The zero-order chi connectivity index (χ0) is 13.7. The summed E-state index contributed by atoms with van der Waals surface area (Å²) in [7, 11) is 1.90. The van der Waals surface area contributed by atoms with Crippen LogP contribution in [0.5, 0.6) is 0 Å². The second-order valence-electron chi connectivity index (χ2n) is 4.51. The zero-order valence-corrected chi connectivity index (χ0v) is 11.7. The lowest BCUT2D eigenvalue weighted by atomic mass is 10.2. The Hall–Kier alpha value is -1.59. The smallest absolute Gasteiger partial charge is 0.224 e. The number of rotatable bonds is 6. The van der Waals surface area contributed by atoms with Crippen molar-refractivity contribution in [2.45, 2.75) is 18.9 Å². The molecule has 0 fully saturated rings. The van der Waals surface area contributed by atoms with Crippen LogP contribution >= 0.6 is 11.3 Å². The van der Waals surface area contributed by atoms with Crippen molar-refractivity contribution in [1.29, 1.82) is 0 Å². The lowest BCUT2D eigenvalue weighted by Crippen LogP contribution is -2.27. The average Bonchev–Trinajstić information content (AvgIpc) is 3.00. The molecule has 2 heterocycles. The molecule has 0 saturated heterocycles. The van der Waals surface area contributed by atoms with E-state index in [4.69, 9.17) is 0 Å². The second kappa shape index (κ2) is 6.54. The maximum absolute atomic E-state index is 11.7. The Kier molecular flexibility index (Phi) is 4.76. The number of aliphatic hydroxyl groups excluding tert-OH is 1. The van der Waals surface area contributed by atoms with Gasteiger partial charge in [0.2, 0.25) is 5.91 Å². The van der Waals surface area contributed by atoms with Crippen molar-refractivity contribution in [3.63, 3.8) is 0 Å². The van der Waals surface area contributed by atoms with Gasteiger partial charge in [-0.1, -0.05) is 0 Å². The van der Waals surface area contributed by atoms with Crippen LogP contribution in [-0.4, -0.2) is 22.1 Å². The normalized spacial score (nSPS) is 12.3. The van der Waals surface area contributed by atoms with E-state index >= 15 is 0 Å². The fraction of sp³-hybridized carbons (Fsp3) is 0.357. The maximum Gasteiger partial charge on any atom is 0.224 e. The van der Waals surface area contributed by atoms with Gasteiger partial charge < -0.3 is 15.0 Å². The third kappa shape index (κ3) is 3.94. The van der Waals surface area contributed by atoms with Crippen molar-refractivity contribution < 1.29 is 9.90 Å². The van der Waals surface area contributed by atoms with Crippen LogP contribution in [0, 0.1) is 0 Å². The number of hydrogen-bond donors (Lipinski definition) is 2. The topological polar surface area (TPSA) is 54.3 Å². The molecule has 5 heteroatoms. The first kappa shape index (κ1) is 13.8. The van der Waals surface area contributed by atoms with Gasteiger partial charge in [-0.25, -0.2) is 0 Å². The van der Waals surface area contributed by atoms with E-state index in [1.54, 1.807) is 11.3 Å². The summed E-state index contributed by atoms with van der Waals surface area (Å²) in [6.07, 6.45) is 2.28. The molecule has 19 heavy (non-hydrogen) atoms. The molecule has 0 aromatic carbocycles. The molecule has 0 aliphatic rings. The highest BCUT2D eigenvalue weighted by atomic mass is 32.1. The third-order valence-electron chi connectivity index (χ3n) is 3.01. The SMILES string of the molecule is Cn1cccc1C(O)CCNC(=O)Cc1ccsc1. The van der Waals surface area contributed by atoms with Crippen LogP contribution in [-0.2, 0) is 18.3 Å². The quantitative estimate of drug-likeness (QED) is 0.847. The minimum atomic E-state index is -0.540. The molecule has 0 radical (unpaired) electrons. The van der Waals surface area contributed by atoms with Crippen LogP contribution in [0.15, 0.2) is 35.2 Å². The van der Waals surface area contributed by atoms with Gasteiger partial charge >= 0.3 is 0 Å². The molecule has 0 saturated carbocycles. The van der Waals surface area contributed by atoms with Crippen molar-refractivity contribution >= 4 is 17.2 Å². The van der Waals surface area contributed by atoms with Crippen LogP contribution < -0.4 is 5.32 Å². The van der Waals surface area contributed by atoms with Gasteiger partial charge in [-0.05, 0) is 40.9 Å². The average molecular weight is 278 g/mol. The van der Waals surface area contributed by atoms with Crippen molar-refractivity contribution in [2.75, 3.05) is 6.54 Å². The number of amides is 1. The van der Waals surface area contributed by atoms with Gasteiger partial charge in [-0.2, -0.15) is 11.3 Å². The predicted octanol–water partition coefficient (Wildman–Crippen LogP) is 1.87. The van der Waals surface area contributed by atoms with E-state index in [0.717, 1.165) is 11.3 Å². The molecule has 0 bridgehead atoms. The maximum atomic E-state index is 11.7. The number of aryl methyl sites for hydroxylation is 1. The Morgan fingerprint density at radius 3 is 3.00 bits per heavy atom. The van der Waals surface area contributed by atoms with Gasteiger partial charge in [0.1, 0.15) is 0 Å². The second-order valence-corrected chi connectivity index (χ2v) is 5.29. The highest BCUT2D eigenvalue weighted by molar-refractivity contribution is 7.07. The molecule has 102 valence electrons. The number of carbonyl (C=O) groups is 1. The molecule has 0 spiro atoms. The first-order valence-electron chi connectivity index (χ1n) is 6.24. The van der Waals surface area contributed by atoms with Crippen LogP contribution in [0.2, 0.25) is 0 Å². The van der Waals surface area contributed by atoms with Gasteiger partial charge in [0.05, 0.1) is 12.5 Å². The highest BCUT2D eigenvalue weighted by Crippen LogP contribution is 2.15. The molecule has 1 atom stereocenters. The van der Waals surface area contributed by atoms with Crippen molar-refractivity contribution in [3.05, 3.63) is 46.4 Å². The van der Waals surface area contributed by atoms with E-state index in [0.29, 0.717) is 19.4 Å². The van der Waals surface area contributed by atoms with Gasteiger partial charge in [0, 0.05) is 25.5 Å². The summed E-state index contributed by atoms with van der Waals surface area (Å²) in [4.78, 5) is 11.7. The summed E-state index contributed by atoms with van der Waals surface area (Å²) < 4.78 is 1.89. The number of thiophene rings is 1. The van der Waals surface area contributed by atoms with E-state index in [2.05, 4.69) is 5.32 Å². The van der Waals surface area contributed by atoms with Gasteiger partial charge in [0.25, 0.3) is 0 Å². The minimum absolute atomic E-state index is 0.00233. The first-order chi connectivity index (χ1) is 9.16. The predicted molar refractivity (Wildman–Crippen MR) is 76.0 cm³/mol. The lowest BCUT2D eigenvalue weighted by Gasteiger charge is -2.12. The van der Waals surface area contributed by atoms with E-state index in [1.165, 1.54) is 0 Å². The molecule has 2 aromatic rings. The molecule has 0 aliphatic heterocycles. The summed E-state index contributed by atoms with van der Waals surface area (Å²) in [5.74, 6) is -0.00233. The number of nitrogens with one attached hydrogen (secondary N) is 1. The minimum Gasteiger partial charge on any atom is -0.387 e. The number of hydrogen-bond acceptors (Lipinski definition) is 3. The van der Waals surface area contributed by atoms with Crippen molar-refractivity contribution in [3.8, 4) is 0 Å². The van der Waals surface area contributed by atoms with Crippen molar-refractivity contribution in [2.24, 2.45) is 7.05 Å². The molecule has 2 rings (SSSR count).